The number of carbonyl (C=O) groups is 2. The van der Waals surface area contributed by atoms with Gasteiger partial charge in [-0.05, 0) is 44.5 Å². The predicted octanol–water partition coefficient (Wildman–Crippen LogP) is 2.18. The Morgan fingerprint density at radius 3 is 2.30 bits per heavy atom. The molecule has 5 heteroatoms. The van der Waals surface area contributed by atoms with Crippen molar-refractivity contribution < 1.29 is 14.7 Å². The number of nitrogens with zero attached hydrogens (tertiary/aromatic N) is 1. The minimum atomic E-state index is -1.04. The van der Waals surface area contributed by atoms with Gasteiger partial charge in [-0.25, -0.2) is 0 Å². The van der Waals surface area contributed by atoms with Crippen LogP contribution < -0.4 is 5.32 Å². The Kier molecular flexibility index (Phi) is 4.87. The maximum atomic E-state index is 12.1. The van der Waals surface area contributed by atoms with Crippen molar-refractivity contribution in [1.82, 2.24) is 5.32 Å². The first-order valence-corrected chi connectivity index (χ1v) is 6.37. The maximum Gasteiger partial charge on any atom is 0.311 e. The molecular formula is C15H18N2O3. The summed E-state index contributed by atoms with van der Waals surface area (Å²) in [7, 11) is 0. The summed E-state index contributed by atoms with van der Waals surface area (Å²) in [4.78, 5) is 23.3. The Morgan fingerprint density at radius 1 is 1.35 bits per heavy atom. The number of hydrogen-bond donors (Lipinski definition) is 2. The number of carboxylic acids is 1. The first-order chi connectivity index (χ1) is 9.32. The highest BCUT2D eigenvalue weighted by atomic mass is 16.4. The van der Waals surface area contributed by atoms with Crippen LogP contribution in [0.15, 0.2) is 24.3 Å². The van der Waals surface area contributed by atoms with E-state index >= 15 is 0 Å². The zero-order chi connectivity index (χ0) is 15.3. The molecule has 20 heavy (non-hydrogen) atoms. The van der Waals surface area contributed by atoms with Gasteiger partial charge < -0.3 is 10.4 Å². The number of rotatable bonds is 5. The fraction of sp³-hybridized carbons (Fsp3) is 0.400. The number of hydrogen-bond acceptors (Lipinski definition) is 3. The van der Waals surface area contributed by atoms with E-state index in [4.69, 9.17) is 5.26 Å². The molecule has 1 aromatic rings. The Hall–Kier alpha value is -2.35. The van der Waals surface area contributed by atoms with Crippen molar-refractivity contribution in [1.29, 1.82) is 5.26 Å². The summed E-state index contributed by atoms with van der Waals surface area (Å²) in [5.74, 6) is -1.29. The van der Waals surface area contributed by atoms with Gasteiger partial charge in [0, 0.05) is 11.6 Å². The van der Waals surface area contributed by atoms with Gasteiger partial charge in [-0.3, -0.25) is 9.59 Å². The molecule has 0 unspecified atom stereocenters. The van der Waals surface area contributed by atoms with Crippen LogP contribution in [0, 0.1) is 16.7 Å². The molecule has 0 saturated heterocycles. The van der Waals surface area contributed by atoms with Crippen LogP contribution in [-0.4, -0.2) is 23.0 Å². The smallest absolute Gasteiger partial charge is 0.311 e. The number of benzene rings is 1. The van der Waals surface area contributed by atoms with E-state index in [1.54, 1.807) is 38.1 Å². The summed E-state index contributed by atoms with van der Waals surface area (Å²) in [6, 6.07) is 7.71. The minimum Gasteiger partial charge on any atom is -0.481 e. The van der Waals surface area contributed by atoms with Crippen LogP contribution in [0.4, 0.5) is 0 Å². The molecule has 1 amide bonds. The average Bonchev–Trinajstić information content (AvgIpc) is 2.44. The van der Waals surface area contributed by atoms with E-state index in [0.717, 1.165) is 0 Å². The minimum absolute atomic E-state index is 0.337. The predicted molar refractivity (Wildman–Crippen MR) is 74.1 cm³/mol. The highest BCUT2D eigenvalue weighted by Gasteiger charge is 2.36. The third-order valence-corrected chi connectivity index (χ3v) is 3.41. The standard InChI is InChI=1S/C15H18N2O3/c1-4-12(15(2,3)14(19)20)17-13(18)11-7-5-10(9-16)6-8-11/h5-8,12H,4H2,1-3H3,(H,17,18)(H,19,20)/t12-/m1/s1. The zero-order valence-electron chi connectivity index (χ0n) is 11.8. The molecule has 0 fully saturated rings. The lowest BCUT2D eigenvalue weighted by molar-refractivity contribution is -0.148. The van der Waals surface area contributed by atoms with Gasteiger partial charge in [0.2, 0.25) is 0 Å². The Labute approximate surface area is 118 Å². The Bertz CT molecular complexity index is 541. The summed E-state index contributed by atoms with van der Waals surface area (Å²) < 4.78 is 0. The van der Waals surface area contributed by atoms with Crippen molar-refractivity contribution in [2.45, 2.75) is 33.2 Å². The number of nitriles is 1. The van der Waals surface area contributed by atoms with Crippen molar-refractivity contribution in [2.75, 3.05) is 0 Å². The van der Waals surface area contributed by atoms with E-state index in [2.05, 4.69) is 5.32 Å². The second kappa shape index (κ2) is 6.20. The number of nitrogens with one attached hydrogen (secondary N) is 1. The van der Waals surface area contributed by atoms with E-state index < -0.39 is 17.4 Å². The lowest BCUT2D eigenvalue weighted by Gasteiger charge is -2.30. The number of amides is 1. The Balaban J connectivity index is 2.87. The van der Waals surface area contributed by atoms with Gasteiger partial charge in [-0.15, -0.1) is 0 Å². The van der Waals surface area contributed by atoms with Crippen LogP contribution in [0.1, 0.15) is 43.1 Å². The van der Waals surface area contributed by atoms with Crippen molar-refractivity contribution in [3.8, 4) is 6.07 Å². The lowest BCUT2D eigenvalue weighted by Crippen LogP contribution is -2.48. The molecule has 1 rings (SSSR count). The average molecular weight is 274 g/mol. The fourth-order valence-electron chi connectivity index (χ4n) is 1.88. The first-order valence-electron chi connectivity index (χ1n) is 6.37. The molecule has 0 radical (unpaired) electrons. The normalized spacial score (nSPS) is 12.3. The fourth-order valence-corrected chi connectivity index (χ4v) is 1.88. The van der Waals surface area contributed by atoms with E-state index in [1.165, 1.54) is 0 Å². The molecule has 0 heterocycles. The summed E-state index contributed by atoms with van der Waals surface area (Å²) in [5, 5.41) is 20.6. The van der Waals surface area contributed by atoms with Gasteiger partial charge in [0.05, 0.1) is 17.0 Å². The number of aliphatic carboxylic acids is 1. The van der Waals surface area contributed by atoms with Crippen molar-refractivity contribution in [2.24, 2.45) is 5.41 Å². The third-order valence-electron chi connectivity index (χ3n) is 3.41. The van der Waals surface area contributed by atoms with Crippen LogP contribution in [-0.2, 0) is 4.79 Å². The van der Waals surface area contributed by atoms with Gasteiger partial charge in [0.1, 0.15) is 0 Å². The van der Waals surface area contributed by atoms with Crippen LogP contribution in [0.2, 0.25) is 0 Å². The molecule has 0 bridgehead atoms. The molecule has 106 valence electrons. The third kappa shape index (κ3) is 3.35. The molecule has 1 atom stereocenters. The second-order valence-corrected chi connectivity index (χ2v) is 5.15. The van der Waals surface area contributed by atoms with Gasteiger partial charge >= 0.3 is 5.97 Å². The monoisotopic (exact) mass is 274 g/mol. The van der Waals surface area contributed by atoms with Crippen molar-refractivity contribution in [3.05, 3.63) is 35.4 Å². The molecule has 0 spiro atoms. The quantitative estimate of drug-likeness (QED) is 0.861. The molecule has 2 N–H and O–H groups in total. The SMILES string of the molecule is CC[C@@H](NC(=O)c1ccc(C#N)cc1)C(C)(C)C(=O)O. The van der Waals surface area contributed by atoms with E-state index in [0.29, 0.717) is 17.5 Å². The molecule has 0 aliphatic rings. The highest BCUT2D eigenvalue weighted by molar-refractivity contribution is 5.95. The molecule has 0 aromatic heterocycles. The van der Waals surface area contributed by atoms with E-state index in [9.17, 15) is 14.7 Å². The summed E-state index contributed by atoms with van der Waals surface area (Å²) in [6.45, 7) is 5.00. The number of carbonyl (C=O) groups excluding carboxylic acids is 1. The largest absolute Gasteiger partial charge is 0.481 e. The number of carboxylic acid groups (broad SMARTS) is 1. The van der Waals surface area contributed by atoms with Crippen LogP contribution in [0.3, 0.4) is 0 Å². The van der Waals surface area contributed by atoms with Gasteiger partial charge in [0.15, 0.2) is 0 Å². The molecule has 0 aliphatic carbocycles. The highest BCUT2D eigenvalue weighted by Crippen LogP contribution is 2.23. The molecule has 1 aromatic carbocycles. The van der Waals surface area contributed by atoms with Gasteiger partial charge in [0.25, 0.3) is 5.91 Å². The summed E-state index contributed by atoms with van der Waals surface area (Å²) in [6.07, 6.45) is 0.515. The molecular weight excluding hydrogens is 256 g/mol. The van der Waals surface area contributed by atoms with E-state index in [1.807, 2.05) is 13.0 Å². The summed E-state index contributed by atoms with van der Waals surface area (Å²) >= 11 is 0. The topological polar surface area (TPSA) is 90.2 Å². The van der Waals surface area contributed by atoms with Crippen LogP contribution in [0.5, 0.6) is 0 Å². The lowest BCUT2D eigenvalue weighted by atomic mass is 9.83. The van der Waals surface area contributed by atoms with E-state index in [-0.39, 0.29) is 5.91 Å². The van der Waals surface area contributed by atoms with Gasteiger partial charge in [-0.1, -0.05) is 6.92 Å². The maximum absolute atomic E-state index is 12.1. The molecule has 5 nitrogen and oxygen atoms in total. The second-order valence-electron chi connectivity index (χ2n) is 5.15. The molecule has 0 aliphatic heterocycles. The first kappa shape index (κ1) is 15.7. The Morgan fingerprint density at radius 2 is 1.90 bits per heavy atom. The summed E-state index contributed by atoms with van der Waals surface area (Å²) in [5.41, 5.74) is -0.167. The zero-order valence-corrected chi connectivity index (χ0v) is 11.8. The molecule has 0 saturated carbocycles. The van der Waals surface area contributed by atoms with Crippen molar-refractivity contribution in [3.63, 3.8) is 0 Å². The van der Waals surface area contributed by atoms with Crippen LogP contribution in [0.25, 0.3) is 0 Å². The van der Waals surface area contributed by atoms with Crippen molar-refractivity contribution >= 4 is 11.9 Å². The van der Waals surface area contributed by atoms with Crippen LogP contribution >= 0.6 is 0 Å². The van der Waals surface area contributed by atoms with Gasteiger partial charge in [-0.2, -0.15) is 5.26 Å².